The predicted octanol–water partition coefficient (Wildman–Crippen LogP) is 1.53. The molecule has 1 aromatic heterocycles. The summed E-state index contributed by atoms with van der Waals surface area (Å²) in [5.41, 5.74) is 8.83. The summed E-state index contributed by atoms with van der Waals surface area (Å²) in [4.78, 5) is 17.7. The zero-order valence-electron chi connectivity index (χ0n) is 8.54. The van der Waals surface area contributed by atoms with Crippen molar-refractivity contribution in [1.29, 1.82) is 0 Å². The summed E-state index contributed by atoms with van der Waals surface area (Å²) in [6, 6.07) is 1.52. The van der Waals surface area contributed by atoms with Crippen LogP contribution in [-0.4, -0.2) is 24.6 Å². The number of methoxy groups -OCH3 is 1. The van der Waals surface area contributed by atoms with Crippen molar-refractivity contribution in [3.8, 4) is 11.8 Å². The Hall–Kier alpha value is -2.51. The van der Waals surface area contributed by atoms with E-state index < -0.39 is 5.97 Å². The minimum Gasteiger partial charge on any atom is -0.465 e. The van der Waals surface area contributed by atoms with Gasteiger partial charge in [-0.3, -0.25) is 4.98 Å². The van der Waals surface area contributed by atoms with Crippen molar-refractivity contribution in [3.63, 3.8) is 0 Å². The van der Waals surface area contributed by atoms with Gasteiger partial charge in [-0.05, 0) is 11.6 Å². The molecule has 16 heavy (non-hydrogen) atoms. The molecule has 0 bridgehead atoms. The van der Waals surface area contributed by atoms with Gasteiger partial charge in [-0.25, -0.2) is 4.79 Å². The van der Waals surface area contributed by atoms with Crippen molar-refractivity contribution >= 4 is 5.97 Å². The van der Waals surface area contributed by atoms with E-state index in [-0.39, 0.29) is 6.54 Å². The molecule has 1 aromatic rings. The lowest BCUT2D eigenvalue weighted by Gasteiger charge is -2.00. The second-order valence-corrected chi connectivity index (χ2v) is 2.60. The smallest absolute Gasteiger partial charge is 0.339 e. The molecule has 0 spiro atoms. The minimum atomic E-state index is -0.476. The first-order valence-corrected chi connectivity index (χ1v) is 4.31. The topological polar surface area (TPSA) is 88.0 Å². The highest BCUT2D eigenvalue weighted by atomic mass is 16.5. The lowest BCUT2D eigenvalue weighted by molar-refractivity contribution is 0.0600. The zero-order chi connectivity index (χ0) is 11.8. The van der Waals surface area contributed by atoms with E-state index in [1.807, 2.05) is 0 Å². The molecule has 0 N–H and O–H groups in total. The van der Waals surface area contributed by atoms with Crippen LogP contribution in [0.2, 0.25) is 0 Å². The van der Waals surface area contributed by atoms with Crippen molar-refractivity contribution in [1.82, 2.24) is 4.98 Å². The van der Waals surface area contributed by atoms with Crippen LogP contribution in [0, 0.1) is 11.8 Å². The molecule has 0 fully saturated rings. The SMILES string of the molecule is COC(=O)c1ccncc1C#CCN=[N+]=[N-]. The lowest BCUT2D eigenvalue weighted by Crippen LogP contribution is -2.04. The molecule has 0 aliphatic rings. The van der Waals surface area contributed by atoms with Gasteiger partial charge < -0.3 is 4.74 Å². The second kappa shape index (κ2) is 6.06. The van der Waals surface area contributed by atoms with Crippen LogP contribution >= 0.6 is 0 Å². The first-order chi connectivity index (χ1) is 7.79. The number of hydrogen-bond acceptors (Lipinski definition) is 4. The summed E-state index contributed by atoms with van der Waals surface area (Å²) in [7, 11) is 1.29. The molecule has 1 rings (SSSR count). The minimum absolute atomic E-state index is 0.0476. The Morgan fingerprint density at radius 2 is 2.56 bits per heavy atom. The normalized spacial score (nSPS) is 8.31. The summed E-state index contributed by atoms with van der Waals surface area (Å²) in [5, 5.41) is 3.25. The Morgan fingerprint density at radius 1 is 1.75 bits per heavy atom. The largest absolute Gasteiger partial charge is 0.465 e. The molecule has 1 heterocycles. The van der Waals surface area contributed by atoms with Crippen LogP contribution < -0.4 is 0 Å². The van der Waals surface area contributed by atoms with Crippen molar-refractivity contribution in [2.45, 2.75) is 0 Å². The molecule has 0 radical (unpaired) electrons. The van der Waals surface area contributed by atoms with E-state index in [9.17, 15) is 4.79 Å². The van der Waals surface area contributed by atoms with Crippen LogP contribution in [0.4, 0.5) is 0 Å². The Morgan fingerprint density at radius 3 is 3.25 bits per heavy atom. The van der Waals surface area contributed by atoms with Crippen molar-refractivity contribution in [2.24, 2.45) is 5.11 Å². The fourth-order valence-electron chi connectivity index (χ4n) is 0.984. The molecule has 0 atom stereocenters. The van der Waals surface area contributed by atoms with E-state index in [0.717, 1.165) is 0 Å². The highest BCUT2D eigenvalue weighted by Crippen LogP contribution is 2.06. The molecule has 0 aliphatic carbocycles. The number of rotatable bonds is 2. The maximum absolute atomic E-state index is 11.3. The van der Waals surface area contributed by atoms with Gasteiger partial charge in [-0.15, -0.1) is 0 Å². The maximum Gasteiger partial charge on any atom is 0.339 e. The number of ether oxygens (including phenoxy) is 1. The Balaban J connectivity index is 2.97. The van der Waals surface area contributed by atoms with Gasteiger partial charge in [0.15, 0.2) is 0 Å². The van der Waals surface area contributed by atoms with Gasteiger partial charge >= 0.3 is 5.97 Å². The summed E-state index contributed by atoms with van der Waals surface area (Å²) >= 11 is 0. The third-order valence-electron chi connectivity index (χ3n) is 1.66. The van der Waals surface area contributed by atoms with Crippen molar-refractivity contribution in [2.75, 3.05) is 13.7 Å². The molecule has 0 aromatic carbocycles. The summed E-state index contributed by atoms with van der Waals surface area (Å²) in [5.74, 6) is 4.81. The van der Waals surface area contributed by atoms with E-state index in [0.29, 0.717) is 11.1 Å². The number of carbonyl (C=O) groups is 1. The van der Waals surface area contributed by atoms with Gasteiger partial charge in [0.1, 0.15) is 0 Å². The third-order valence-corrected chi connectivity index (χ3v) is 1.66. The maximum atomic E-state index is 11.3. The summed E-state index contributed by atoms with van der Waals surface area (Å²) in [6.07, 6.45) is 2.93. The summed E-state index contributed by atoms with van der Waals surface area (Å²) < 4.78 is 4.59. The molecule has 6 heteroatoms. The number of carbonyl (C=O) groups excluding carboxylic acids is 1. The fraction of sp³-hybridized carbons (Fsp3) is 0.200. The van der Waals surface area contributed by atoms with E-state index in [1.54, 1.807) is 0 Å². The van der Waals surface area contributed by atoms with Crippen LogP contribution in [0.1, 0.15) is 15.9 Å². The van der Waals surface area contributed by atoms with Gasteiger partial charge in [0, 0.05) is 17.3 Å². The number of nitrogens with zero attached hydrogens (tertiary/aromatic N) is 4. The Labute approximate surface area is 91.9 Å². The van der Waals surface area contributed by atoms with E-state index >= 15 is 0 Å². The monoisotopic (exact) mass is 216 g/mol. The van der Waals surface area contributed by atoms with E-state index in [2.05, 4.69) is 31.6 Å². The number of esters is 1. The molecule has 0 amide bonds. The molecular formula is C10H8N4O2. The molecule has 0 saturated heterocycles. The second-order valence-electron chi connectivity index (χ2n) is 2.60. The fourth-order valence-corrected chi connectivity index (χ4v) is 0.984. The first kappa shape index (κ1) is 11.6. The number of aromatic nitrogens is 1. The molecule has 0 saturated carbocycles. The number of hydrogen-bond donors (Lipinski definition) is 0. The third kappa shape index (κ3) is 3.01. The van der Waals surface area contributed by atoms with Crippen LogP contribution in [0.3, 0.4) is 0 Å². The molecule has 0 unspecified atom stereocenters. The van der Waals surface area contributed by atoms with Crippen molar-refractivity contribution < 1.29 is 9.53 Å². The van der Waals surface area contributed by atoms with Crippen LogP contribution in [0.15, 0.2) is 23.6 Å². The van der Waals surface area contributed by atoms with Gasteiger partial charge in [0.05, 0.1) is 24.8 Å². The van der Waals surface area contributed by atoms with E-state index in [1.165, 1.54) is 25.6 Å². The van der Waals surface area contributed by atoms with Crippen LogP contribution in [0.25, 0.3) is 10.4 Å². The number of pyridine rings is 1. The predicted molar refractivity (Wildman–Crippen MR) is 56.5 cm³/mol. The Bertz CT molecular complexity index is 495. The van der Waals surface area contributed by atoms with E-state index in [4.69, 9.17) is 5.53 Å². The molecule has 6 nitrogen and oxygen atoms in total. The average molecular weight is 216 g/mol. The highest BCUT2D eigenvalue weighted by molar-refractivity contribution is 5.92. The highest BCUT2D eigenvalue weighted by Gasteiger charge is 2.09. The van der Waals surface area contributed by atoms with Crippen molar-refractivity contribution in [3.05, 3.63) is 40.0 Å². The van der Waals surface area contributed by atoms with Gasteiger partial charge in [-0.1, -0.05) is 17.0 Å². The van der Waals surface area contributed by atoms with Gasteiger partial charge in [0.2, 0.25) is 0 Å². The van der Waals surface area contributed by atoms with Gasteiger partial charge in [-0.2, -0.15) is 0 Å². The van der Waals surface area contributed by atoms with Crippen LogP contribution in [0.5, 0.6) is 0 Å². The average Bonchev–Trinajstić information content (AvgIpc) is 2.34. The molecule has 80 valence electrons. The zero-order valence-corrected chi connectivity index (χ0v) is 8.54. The Kier molecular flexibility index (Phi) is 4.38. The first-order valence-electron chi connectivity index (χ1n) is 4.31. The van der Waals surface area contributed by atoms with Crippen LogP contribution in [-0.2, 0) is 4.74 Å². The molecule has 0 aliphatic heterocycles. The number of azide groups is 1. The standard InChI is InChI=1S/C10H8N4O2/c1-16-10(15)9-4-6-12-7-8(9)3-2-5-13-14-11/h4,6-7H,5H2,1H3. The summed E-state index contributed by atoms with van der Waals surface area (Å²) in [6.45, 7) is 0.0476. The van der Waals surface area contributed by atoms with Gasteiger partial charge in [0.25, 0.3) is 0 Å². The molecular weight excluding hydrogens is 208 g/mol. The lowest BCUT2D eigenvalue weighted by atomic mass is 10.1. The quantitative estimate of drug-likeness (QED) is 0.247.